The second kappa shape index (κ2) is 7.79. The standard InChI is InChI=1S/C17H24N4O3S/c1-13-12-14(2)21(19-13)11-5-10-18-17(22)15-6-8-16(9-7-15)25(23,24)20(3)4/h6-9,12H,5,10-11H2,1-4H3,(H,18,22). The molecule has 2 aromatic rings. The van der Waals surface area contributed by atoms with Crippen molar-refractivity contribution >= 4 is 15.9 Å². The Morgan fingerprint density at radius 1 is 1.20 bits per heavy atom. The second-order valence-corrected chi connectivity index (χ2v) is 8.22. The number of aryl methyl sites for hydroxylation is 3. The number of carbonyl (C=O) groups is 1. The van der Waals surface area contributed by atoms with Gasteiger partial charge in [0, 0.05) is 38.4 Å². The summed E-state index contributed by atoms with van der Waals surface area (Å²) in [6, 6.07) is 7.95. The molecule has 1 heterocycles. The van der Waals surface area contributed by atoms with Gasteiger partial charge in [-0.3, -0.25) is 9.48 Å². The first kappa shape index (κ1) is 19.1. The minimum atomic E-state index is -3.48. The molecular weight excluding hydrogens is 340 g/mol. The first-order chi connectivity index (χ1) is 11.7. The van der Waals surface area contributed by atoms with Crippen LogP contribution < -0.4 is 5.32 Å². The smallest absolute Gasteiger partial charge is 0.251 e. The van der Waals surface area contributed by atoms with Crippen LogP contribution in [0, 0.1) is 13.8 Å². The number of benzene rings is 1. The van der Waals surface area contributed by atoms with Crippen LogP contribution in [-0.4, -0.2) is 49.1 Å². The quantitative estimate of drug-likeness (QED) is 0.756. The Balaban J connectivity index is 1.88. The molecule has 0 radical (unpaired) electrons. The Hall–Kier alpha value is -2.19. The second-order valence-electron chi connectivity index (χ2n) is 6.07. The maximum Gasteiger partial charge on any atom is 0.251 e. The van der Waals surface area contributed by atoms with Gasteiger partial charge in [-0.1, -0.05) is 0 Å². The van der Waals surface area contributed by atoms with Crippen LogP contribution in [0.4, 0.5) is 0 Å². The van der Waals surface area contributed by atoms with Gasteiger partial charge >= 0.3 is 0 Å². The molecule has 0 saturated heterocycles. The number of sulfonamides is 1. The van der Waals surface area contributed by atoms with Crippen LogP contribution in [0.1, 0.15) is 28.2 Å². The Morgan fingerprint density at radius 3 is 2.36 bits per heavy atom. The van der Waals surface area contributed by atoms with Crippen LogP contribution in [0.25, 0.3) is 0 Å². The fraction of sp³-hybridized carbons (Fsp3) is 0.412. The van der Waals surface area contributed by atoms with Gasteiger partial charge in [-0.25, -0.2) is 12.7 Å². The van der Waals surface area contributed by atoms with Crippen LogP contribution in [0.3, 0.4) is 0 Å². The van der Waals surface area contributed by atoms with Gasteiger partial charge in [0.15, 0.2) is 0 Å². The highest BCUT2D eigenvalue weighted by molar-refractivity contribution is 7.89. The zero-order valence-corrected chi connectivity index (χ0v) is 15.8. The molecule has 2 rings (SSSR count). The first-order valence-electron chi connectivity index (χ1n) is 8.03. The van der Waals surface area contributed by atoms with Gasteiger partial charge in [-0.2, -0.15) is 5.10 Å². The van der Waals surface area contributed by atoms with Crippen molar-refractivity contribution in [1.82, 2.24) is 19.4 Å². The average molecular weight is 364 g/mol. The van der Waals surface area contributed by atoms with Crippen molar-refractivity contribution in [3.05, 3.63) is 47.3 Å². The van der Waals surface area contributed by atoms with Crippen molar-refractivity contribution in [3.8, 4) is 0 Å². The van der Waals surface area contributed by atoms with Crippen LogP contribution in [0.2, 0.25) is 0 Å². The van der Waals surface area contributed by atoms with E-state index in [2.05, 4.69) is 10.4 Å². The normalized spacial score (nSPS) is 11.7. The molecule has 1 N–H and O–H groups in total. The highest BCUT2D eigenvalue weighted by Gasteiger charge is 2.17. The molecule has 136 valence electrons. The maximum absolute atomic E-state index is 12.1. The number of aromatic nitrogens is 2. The highest BCUT2D eigenvalue weighted by Crippen LogP contribution is 2.14. The van der Waals surface area contributed by atoms with Crippen molar-refractivity contribution in [2.75, 3.05) is 20.6 Å². The van der Waals surface area contributed by atoms with Crippen LogP contribution >= 0.6 is 0 Å². The van der Waals surface area contributed by atoms with E-state index < -0.39 is 10.0 Å². The van der Waals surface area contributed by atoms with Crippen molar-refractivity contribution < 1.29 is 13.2 Å². The van der Waals surface area contributed by atoms with Crippen LogP contribution in [0.5, 0.6) is 0 Å². The molecule has 0 fully saturated rings. The summed E-state index contributed by atoms with van der Waals surface area (Å²) in [6.45, 7) is 5.21. The lowest BCUT2D eigenvalue weighted by molar-refractivity contribution is 0.0952. The molecule has 0 aliphatic heterocycles. The van der Waals surface area contributed by atoms with E-state index in [4.69, 9.17) is 0 Å². The molecule has 0 unspecified atom stereocenters. The lowest BCUT2D eigenvalue weighted by Gasteiger charge is -2.11. The Labute approximate surface area is 148 Å². The molecule has 0 aliphatic carbocycles. The van der Waals surface area contributed by atoms with Crippen molar-refractivity contribution in [3.63, 3.8) is 0 Å². The summed E-state index contributed by atoms with van der Waals surface area (Å²) in [6.07, 6.45) is 0.765. The Bertz CT molecular complexity index is 839. The lowest BCUT2D eigenvalue weighted by Crippen LogP contribution is -2.26. The third-order valence-electron chi connectivity index (χ3n) is 3.83. The van der Waals surface area contributed by atoms with E-state index in [1.807, 2.05) is 24.6 Å². The summed E-state index contributed by atoms with van der Waals surface area (Å²) >= 11 is 0. The van der Waals surface area contributed by atoms with Gasteiger partial charge in [0.1, 0.15) is 0 Å². The Morgan fingerprint density at radius 2 is 1.84 bits per heavy atom. The number of amides is 1. The van der Waals surface area contributed by atoms with Gasteiger partial charge in [0.25, 0.3) is 5.91 Å². The summed E-state index contributed by atoms with van der Waals surface area (Å²) in [7, 11) is -0.539. The molecule has 7 nitrogen and oxygen atoms in total. The highest BCUT2D eigenvalue weighted by atomic mass is 32.2. The van der Waals surface area contributed by atoms with Gasteiger partial charge in [-0.05, 0) is 50.6 Å². The molecule has 1 aromatic heterocycles. The minimum Gasteiger partial charge on any atom is -0.352 e. The molecule has 8 heteroatoms. The van der Waals surface area contributed by atoms with E-state index in [9.17, 15) is 13.2 Å². The molecule has 0 aliphatic rings. The fourth-order valence-electron chi connectivity index (χ4n) is 2.42. The summed E-state index contributed by atoms with van der Waals surface area (Å²) in [5.41, 5.74) is 2.51. The molecule has 0 atom stereocenters. The summed E-state index contributed by atoms with van der Waals surface area (Å²) in [5.74, 6) is -0.220. The number of hydrogen-bond donors (Lipinski definition) is 1. The fourth-order valence-corrected chi connectivity index (χ4v) is 3.32. The number of nitrogens with zero attached hydrogens (tertiary/aromatic N) is 3. The molecule has 0 spiro atoms. The third kappa shape index (κ3) is 4.67. The molecule has 0 saturated carbocycles. The summed E-state index contributed by atoms with van der Waals surface area (Å²) in [5, 5.41) is 7.21. The predicted octanol–water partition coefficient (Wildman–Crippen LogP) is 1.57. The van der Waals surface area contributed by atoms with Crippen LogP contribution in [0.15, 0.2) is 35.2 Å². The van der Waals surface area contributed by atoms with Gasteiger partial charge in [-0.15, -0.1) is 0 Å². The van der Waals surface area contributed by atoms with Gasteiger partial charge < -0.3 is 5.32 Å². The molecule has 1 amide bonds. The van der Waals surface area contributed by atoms with E-state index >= 15 is 0 Å². The van der Waals surface area contributed by atoms with Crippen molar-refractivity contribution in [1.29, 1.82) is 0 Å². The van der Waals surface area contributed by atoms with Crippen molar-refractivity contribution in [2.45, 2.75) is 31.7 Å². The zero-order valence-electron chi connectivity index (χ0n) is 15.0. The largest absolute Gasteiger partial charge is 0.352 e. The number of hydrogen-bond acceptors (Lipinski definition) is 4. The van der Waals surface area contributed by atoms with Crippen LogP contribution in [-0.2, 0) is 16.6 Å². The first-order valence-corrected chi connectivity index (χ1v) is 9.47. The van der Waals surface area contributed by atoms with Crippen molar-refractivity contribution in [2.24, 2.45) is 0 Å². The van der Waals surface area contributed by atoms with E-state index in [1.165, 1.54) is 38.4 Å². The summed E-state index contributed by atoms with van der Waals surface area (Å²) in [4.78, 5) is 12.3. The summed E-state index contributed by atoms with van der Waals surface area (Å²) < 4.78 is 27.1. The SMILES string of the molecule is Cc1cc(C)n(CCCNC(=O)c2ccc(S(=O)(=O)N(C)C)cc2)n1. The lowest BCUT2D eigenvalue weighted by atomic mass is 10.2. The third-order valence-corrected chi connectivity index (χ3v) is 5.66. The zero-order chi connectivity index (χ0) is 18.6. The van der Waals surface area contributed by atoms with E-state index in [0.29, 0.717) is 12.1 Å². The molecule has 1 aromatic carbocycles. The average Bonchev–Trinajstić information content (AvgIpc) is 2.89. The van der Waals surface area contributed by atoms with E-state index in [1.54, 1.807) is 0 Å². The minimum absolute atomic E-state index is 0.165. The predicted molar refractivity (Wildman–Crippen MR) is 96.0 cm³/mol. The number of carbonyl (C=O) groups excluding carboxylic acids is 1. The Kier molecular flexibility index (Phi) is 5.97. The molecular formula is C17H24N4O3S. The number of rotatable bonds is 7. The monoisotopic (exact) mass is 364 g/mol. The number of nitrogens with one attached hydrogen (secondary N) is 1. The molecule has 0 bridgehead atoms. The van der Waals surface area contributed by atoms with Gasteiger partial charge in [0.05, 0.1) is 10.6 Å². The van der Waals surface area contributed by atoms with Gasteiger partial charge in [0.2, 0.25) is 10.0 Å². The van der Waals surface area contributed by atoms with E-state index in [-0.39, 0.29) is 10.8 Å². The topological polar surface area (TPSA) is 84.3 Å². The maximum atomic E-state index is 12.1. The van der Waals surface area contributed by atoms with E-state index in [0.717, 1.165) is 28.7 Å². The molecule has 25 heavy (non-hydrogen) atoms.